The maximum absolute atomic E-state index is 12.6. The third-order valence-corrected chi connectivity index (χ3v) is 6.87. The van der Waals surface area contributed by atoms with Gasteiger partial charge in [0.25, 0.3) is 0 Å². The van der Waals surface area contributed by atoms with Crippen LogP contribution in [-0.2, 0) is 14.3 Å². The monoisotopic (exact) mass is 464 g/mol. The van der Waals surface area contributed by atoms with E-state index in [-0.39, 0.29) is 49.4 Å². The molecule has 2 aromatic carbocycles. The highest BCUT2D eigenvalue weighted by molar-refractivity contribution is 5.79. The highest BCUT2D eigenvalue weighted by Gasteiger charge is 2.34. The van der Waals surface area contributed by atoms with Gasteiger partial charge in [-0.25, -0.2) is 4.79 Å². The number of fused-ring (bicyclic) bond motifs is 3. The topological polar surface area (TPSA) is 95.9 Å². The first-order chi connectivity index (χ1) is 16.3. The molecule has 2 amide bonds. The van der Waals surface area contributed by atoms with Crippen LogP contribution in [0.1, 0.15) is 56.6 Å². The van der Waals surface area contributed by atoms with Crippen molar-refractivity contribution >= 4 is 18.0 Å². The molecule has 2 N–H and O–H groups in total. The molecular formula is C27H32N2O5. The Labute approximate surface area is 200 Å². The number of carbonyl (C=O) groups is 3. The molecule has 0 heterocycles. The summed E-state index contributed by atoms with van der Waals surface area (Å²) < 4.78 is 5.61. The first kappa shape index (κ1) is 23.8. The van der Waals surface area contributed by atoms with Crippen LogP contribution in [-0.4, -0.2) is 53.2 Å². The summed E-state index contributed by atoms with van der Waals surface area (Å²) >= 11 is 0. The number of benzene rings is 2. The Morgan fingerprint density at radius 1 is 1.03 bits per heavy atom. The van der Waals surface area contributed by atoms with Gasteiger partial charge in [-0.15, -0.1) is 0 Å². The number of nitrogens with zero attached hydrogens (tertiary/aromatic N) is 1. The van der Waals surface area contributed by atoms with Gasteiger partial charge in [0.15, 0.2) is 0 Å². The van der Waals surface area contributed by atoms with E-state index in [0.29, 0.717) is 6.42 Å². The fourth-order valence-electron chi connectivity index (χ4n) is 5.08. The number of carboxylic acid groups (broad SMARTS) is 1. The minimum Gasteiger partial charge on any atom is -0.481 e. The number of amides is 2. The van der Waals surface area contributed by atoms with Crippen LogP contribution < -0.4 is 5.32 Å². The molecule has 7 heteroatoms. The molecule has 0 aromatic heterocycles. The van der Waals surface area contributed by atoms with E-state index in [1.807, 2.05) is 38.1 Å². The van der Waals surface area contributed by atoms with Crippen LogP contribution >= 0.6 is 0 Å². The van der Waals surface area contributed by atoms with E-state index in [1.54, 1.807) is 4.90 Å². The van der Waals surface area contributed by atoms with Crippen LogP contribution in [0.3, 0.4) is 0 Å². The SMILES string of the molecule is CC(C)N(CCC(=O)O)C(=O)CC1CC(NC(=O)OCC2c3ccccc3-c3ccccc32)C1. The molecule has 0 unspecified atom stereocenters. The second-order valence-corrected chi connectivity index (χ2v) is 9.53. The Bertz CT molecular complexity index is 1010. The summed E-state index contributed by atoms with van der Waals surface area (Å²) in [5, 5.41) is 11.8. The van der Waals surface area contributed by atoms with Gasteiger partial charge < -0.3 is 20.1 Å². The molecular weight excluding hydrogens is 432 g/mol. The zero-order valence-corrected chi connectivity index (χ0v) is 19.7. The lowest BCUT2D eigenvalue weighted by Gasteiger charge is -2.37. The molecule has 0 aliphatic heterocycles. The molecule has 0 bridgehead atoms. The molecule has 180 valence electrons. The zero-order chi connectivity index (χ0) is 24.2. The standard InChI is InChI=1S/C27H32N2O5/c1-17(2)29(12-11-26(31)32)25(30)15-18-13-19(14-18)28-27(33)34-16-24-22-9-5-3-7-20(22)21-8-4-6-10-23(21)24/h3-10,17-19,24H,11-16H2,1-2H3,(H,28,33)(H,31,32). The molecule has 2 aromatic rings. The van der Waals surface area contributed by atoms with E-state index in [2.05, 4.69) is 29.6 Å². The molecule has 7 nitrogen and oxygen atoms in total. The summed E-state index contributed by atoms with van der Waals surface area (Å²) in [4.78, 5) is 37.5. The maximum Gasteiger partial charge on any atom is 0.407 e. The number of rotatable bonds is 9. The number of carboxylic acids is 1. The first-order valence-corrected chi connectivity index (χ1v) is 12.0. The van der Waals surface area contributed by atoms with Gasteiger partial charge in [0.05, 0.1) is 6.42 Å². The Kier molecular flexibility index (Phi) is 7.20. The smallest absolute Gasteiger partial charge is 0.407 e. The number of carbonyl (C=O) groups excluding carboxylic acids is 2. The van der Waals surface area contributed by atoms with Crippen molar-refractivity contribution in [1.82, 2.24) is 10.2 Å². The minimum atomic E-state index is -0.908. The Balaban J connectivity index is 1.23. The van der Waals surface area contributed by atoms with Crippen LogP contribution in [0.15, 0.2) is 48.5 Å². The fourth-order valence-corrected chi connectivity index (χ4v) is 5.08. The summed E-state index contributed by atoms with van der Waals surface area (Å²) in [6, 6.07) is 16.4. The van der Waals surface area contributed by atoms with Crippen LogP contribution in [0.25, 0.3) is 11.1 Å². The van der Waals surface area contributed by atoms with Crippen LogP contribution in [0, 0.1) is 5.92 Å². The van der Waals surface area contributed by atoms with Gasteiger partial charge in [-0.2, -0.15) is 0 Å². The molecule has 4 rings (SSSR count). The molecule has 2 aliphatic rings. The van der Waals surface area contributed by atoms with E-state index < -0.39 is 12.1 Å². The quantitative estimate of drug-likeness (QED) is 0.573. The van der Waals surface area contributed by atoms with Crippen molar-refractivity contribution in [3.63, 3.8) is 0 Å². The van der Waals surface area contributed by atoms with Crippen molar-refractivity contribution in [3.8, 4) is 11.1 Å². The third kappa shape index (κ3) is 5.24. The molecule has 0 atom stereocenters. The molecule has 1 saturated carbocycles. The average molecular weight is 465 g/mol. The minimum absolute atomic E-state index is 0.0000276. The summed E-state index contributed by atoms with van der Waals surface area (Å²) in [6.45, 7) is 4.28. The Morgan fingerprint density at radius 2 is 1.62 bits per heavy atom. The summed E-state index contributed by atoms with van der Waals surface area (Å²) in [6.07, 6.45) is 1.34. The van der Waals surface area contributed by atoms with Crippen LogP contribution in [0.4, 0.5) is 4.79 Å². The predicted octanol–water partition coefficient (Wildman–Crippen LogP) is 4.41. The fraction of sp³-hybridized carbons (Fsp3) is 0.444. The number of ether oxygens (including phenoxy) is 1. The molecule has 34 heavy (non-hydrogen) atoms. The number of hydrogen-bond acceptors (Lipinski definition) is 4. The van der Waals surface area contributed by atoms with Gasteiger partial charge in [0.1, 0.15) is 6.61 Å². The third-order valence-electron chi connectivity index (χ3n) is 6.87. The van der Waals surface area contributed by atoms with Crippen LogP contribution in [0.5, 0.6) is 0 Å². The van der Waals surface area contributed by atoms with Gasteiger partial charge >= 0.3 is 12.1 Å². The number of alkyl carbamates (subject to hydrolysis) is 1. The molecule has 0 saturated heterocycles. The van der Waals surface area contributed by atoms with E-state index in [9.17, 15) is 14.4 Å². The Morgan fingerprint density at radius 3 is 2.18 bits per heavy atom. The van der Waals surface area contributed by atoms with Crippen molar-refractivity contribution in [2.45, 2.75) is 57.5 Å². The second kappa shape index (κ2) is 10.3. The van der Waals surface area contributed by atoms with Gasteiger partial charge in [-0.3, -0.25) is 9.59 Å². The second-order valence-electron chi connectivity index (χ2n) is 9.53. The summed E-state index contributed by atoms with van der Waals surface area (Å²) in [5.74, 6) is -0.717. The van der Waals surface area contributed by atoms with Crippen molar-refractivity contribution in [2.75, 3.05) is 13.2 Å². The average Bonchev–Trinajstić information content (AvgIpc) is 3.09. The number of nitrogens with one attached hydrogen (secondary N) is 1. The highest BCUT2D eigenvalue weighted by atomic mass is 16.5. The summed E-state index contributed by atoms with van der Waals surface area (Å²) in [7, 11) is 0. The number of aliphatic carboxylic acids is 1. The molecule has 1 fully saturated rings. The lowest BCUT2D eigenvalue weighted by atomic mass is 9.78. The van der Waals surface area contributed by atoms with Gasteiger partial charge in [0, 0.05) is 31.0 Å². The summed E-state index contributed by atoms with van der Waals surface area (Å²) in [5.41, 5.74) is 4.74. The molecule has 0 radical (unpaired) electrons. The van der Waals surface area contributed by atoms with Crippen molar-refractivity contribution in [2.24, 2.45) is 5.92 Å². The van der Waals surface area contributed by atoms with E-state index in [1.165, 1.54) is 22.3 Å². The Hall–Kier alpha value is -3.35. The van der Waals surface area contributed by atoms with Gasteiger partial charge in [-0.05, 0) is 54.9 Å². The lowest BCUT2D eigenvalue weighted by molar-refractivity contribution is -0.139. The van der Waals surface area contributed by atoms with Gasteiger partial charge in [-0.1, -0.05) is 48.5 Å². The van der Waals surface area contributed by atoms with E-state index in [0.717, 1.165) is 12.8 Å². The first-order valence-electron chi connectivity index (χ1n) is 12.0. The van der Waals surface area contributed by atoms with E-state index in [4.69, 9.17) is 9.84 Å². The largest absolute Gasteiger partial charge is 0.481 e. The molecule has 2 aliphatic carbocycles. The zero-order valence-electron chi connectivity index (χ0n) is 19.7. The van der Waals surface area contributed by atoms with E-state index >= 15 is 0 Å². The van der Waals surface area contributed by atoms with Crippen molar-refractivity contribution < 1.29 is 24.2 Å². The lowest BCUT2D eigenvalue weighted by Crippen LogP contribution is -2.47. The maximum atomic E-state index is 12.6. The molecule has 0 spiro atoms. The van der Waals surface area contributed by atoms with Crippen molar-refractivity contribution in [1.29, 1.82) is 0 Å². The number of hydrogen-bond donors (Lipinski definition) is 2. The van der Waals surface area contributed by atoms with Crippen LogP contribution in [0.2, 0.25) is 0 Å². The van der Waals surface area contributed by atoms with Crippen molar-refractivity contribution in [3.05, 3.63) is 59.7 Å². The highest BCUT2D eigenvalue weighted by Crippen LogP contribution is 2.44. The normalized spacial score (nSPS) is 18.6. The predicted molar refractivity (Wildman–Crippen MR) is 128 cm³/mol. The van der Waals surface area contributed by atoms with Gasteiger partial charge in [0.2, 0.25) is 5.91 Å².